The molecule has 0 aromatic heterocycles. The summed E-state index contributed by atoms with van der Waals surface area (Å²) < 4.78 is 17.2. The molecule has 1 saturated heterocycles. The third-order valence-corrected chi connectivity index (χ3v) is 5.94. The van der Waals surface area contributed by atoms with E-state index < -0.39 is 0 Å². The summed E-state index contributed by atoms with van der Waals surface area (Å²) >= 11 is 0.921. The largest absolute Gasteiger partial charge is 0.492 e. The van der Waals surface area contributed by atoms with Gasteiger partial charge in [0.1, 0.15) is 37.1 Å². The summed E-state index contributed by atoms with van der Waals surface area (Å²) in [6.45, 7) is 3.17. The van der Waals surface area contributed by atoms with Crippen molar-refractivity contribution in [3.05, 3.63) is 94.9 Å². The van der Waals surface area contributed by atoms with Crippen LogP contribution in [0.3, 0.4) is 0 Å². The van der Waals surface area contributed by atoms with E-state index in [0.29, 0.717) is 29.6 Å². The quantitative estimate of drug-likeness (QED) is 0.282. The van der Waals surface area contributed by atoms with Gasteiger partial charge in [0.25, 0.3) is 11.1 Å². The van der Waals surface area contributed by atoms with Crippen molar-refractivity contribution in [1.29, 1.82) is 0 Å². The summed E-state index contributed by atoms with van der Waals surface area (Å²) in [7, 11) is 0. The van der Waals surface area contributed by atoms with Crippen molar-refractivity contribution < 1.29 is 23.8 Å². The Morgan fingerprint density at radius 2 is 1.41 bits per heavy atom. The van der Waals surface area contributed by atoms with Crippen molar-refractivity contribution in [2.45, 2.75) is 6.92 Å². The first-order chi connectivity index (χ1) is 16.6. The minimum atomic E-state index is -0.329. The molecule has 7 heteroatoms. The number of rotatable bonds is 10. The average molecular weight is 476 g/mol. The van der Waals surface area contributed by atoms with Crippen LogP contribution in [0.2, 0.25) is 0 Å². The Balaban J connectivity index is 1.33. The molecular formula is C27H25NO5S. The van der Waals surface area contributed by atoms with Crippen molar-refractivity contribution >= 4 is 29.0 Å². The van der Waals surface area contributed by atoms with Gasteiger partial charge in [-0.05, 0) is 55.1 Å². The number of imide groups is 1. The van der Waals surface area contributed by atoms with Gasteiger partial charge in [0, 0.05) is 5.56 Å². The Labute approximate surface area is 203 Å². The second-order valence-electron chi connectivity index (χ2n) is 7.54. The third-order valence-electron chi connectivity index (χ3n) is 5.04. The molecule has 34 heavy (non-hydrogen) atoms. The molecule has 0 atom stereocenters. The lowest BCUT2D eigenvalue weighted by Crippen LogP contribution is -2.32. The van der Waals surface area contributed by atoms with Crippen molar-refractivity contribution in [2.24, 2.45) is 0 Å². The lowest BCUT2D eigenvalue weighted by atomic mass is 10.2. The average Bonchev–Trinajstić information content (AvgIpc) is 3.12. The zero-order chi connectivity index (χ0) is 23.8. The number of thioether (sulfide) groups is 1. The van der Waals surface area contributed by atoms with E-state index in [4.69, 9.17) is 14.2 Å². The van der Waals surface area contributed by atoms with Crippen LogP contribution in [0.15, 0.2) is 83.8 Å². The molecule has 2 amide bonds. The van der Waals surface area contributed by atoms with Crippen LogP contribution in [0.1, 0.15) is 11.1 Å². The summed E-state index contributed by atoms with van der Waals surface area (Å²) in [6, 6.07) is 24.5. The van der Waals surface area contributed by atoms with E-state index >= 15 is 0 Å². The monoisotopic (exact) mass is 475 g/mol. The molecule has 3 aromatic rings. The highest BCUT2D eigenvalue weighted by molar-refractivity contribution is 8.18. The number of nitrogens with zero attached hydrogens (tertiary/aromatic N) is 1. The van der Waals surface area contributed by atoms with Crippen LogP contribution < -0.4 is 14.2 Å². The molecule has 1 heterocycles. The van der Waals surface area contributed by atoms with Gasteiger partial charge in [0.15, 0.2) is 0 Å². The van der Waals surface area contributed by atoms with Crippen molar-refractivity contribution in [3.8, 4) is 17.2 Å². The third kappa shape index (κ3) is 6.20. The van der Waals surface area contributed by atoms with Gasteiger partial charge in [-0.15, -0.1) is 0 Å². The van der Waals surface area contributed by atoms with Gasteiger partial charge >= 0.3 is 0 Å². The maximum atomic E-state index is 12.8. The molecule has 0 N–H and O–H groups in total. The standard InChI is InChI=1S/C27H25NO5S/c1-20-11-13-23(14-12-20)32-17-18-33-24-10-6-5-7-21(24)19-25-26(29)28(27(30)34-25)15-16-31-22-8-3-2-4-9-22/h2-14,19H,15-18H2,1H3/b25-19-. The predicted octanol–water partition coefficient (Wildman–Crippen LogP) is 5.57. The Morgan fingerprint density at radius 1 is 0.765 bits per heavy atom. The minimum Gasteiger partial charge on any atom is -0.492 e. The van der Waals surface area contributed by atoms with Gasteiger partial charge in [-0.2, -0.15) is 0 Å². The van der Waals surface area contributed by atoms with Gasteiger partial charge < -0.3 is 14.2 Å². The highest BCUT2D eigenvalue weighted by Gasteiger charge is 2.35. The van der Waals surface area contributed by atoms with Crippen LogP contribution in [-0.4, -0.2) is 42.4 Å². The van der Waals surface area contributed by atoms with Crippen LogP contribution >= 0.6 is 11.8 Å². The number of hydrogen-bond donors (Lipinski definition) is 0. The molecule has 0 bridgehead atoms. The Bertz CT molecular complexity index is 1160. The molecule has 174 valence electrons. The van der Waals surface area contributed by atoms with E-state index in [-0.39, 0.29) is 24.3 Å². The first-order valence-corrected chi connectivity index (χ1v) is 11.8. The summed E-state index contributed by atoms with van der Waals surface area (Å²) in [5.41, 5.74) is 1.90. The fraction of sp³-hybridized carbons (Fsp3) is 0.185. The number of para-hydroxylation sites is 2. The molecule has 0 spiro atoms. The number of carbonyl (C=O) groups is 2. The summed E-state index contributed by atoms with van der Waals surface area (Å²) in [4.78, 5) is 26.8. The maximum absolute atomic E-state index is 12.8. The molecule has 1 fully saturated rings. The number of ether oxygens (including phenoxy) is 3. The Kier molecular flexibility index (Phi) is 7.88. The van der Waals surface area contributed by atoms with Gasteiger partial charge in [0.05, 0.1) is 11.4 Å². The lowest BCUT2D eigenvalue weighted by Gasteiger charge is -2.13. The van der Waals surface area contributed by atoms with E-state index in [1.54, 1.807) is 6.08 Å². The van der Waals surface area contributed by atoms with Crippen LogP contribution in [-0.2, 0) is 4.79 Å². The molecular weight excluding hydrogens is 450 g/mol. The van der Waals surface area contributed by atoms with Crippen LogP contribution in [0.4, 0.5) is 4.79 Å². The number of aryl methyl sites for hydroxylation is 1. The molecule has 3 aromatic carbocycles. The van der Waals surface area contributed by atoms with E-state index in [0.717, 1.165) is 23.1 Å². The second-order valence-corrected chi connectivity index (χ2v) is 8.54. The highest BCUT2D eigenvalue weighted by Crippen LogP contribution is 2.33. The van der Waals surface area contributed by atoms with E-state index in [1.165, 1.54) is 10.5 Å². The van der Waals surface area contributed by atoms with Crippen LogP contribution in [0.5, 0.6) is 17.2 Å². The van der Waals surface area contributed by atoms with Crippen LogP contribution in [0.25, 0.3) is 6.08 Å². The minimum absolute atomic E-state index is 0.186. The number of carbonyl (C=O) groups excluding carboxylic acids is 2. The van der Waals surface area contributed by atoms with Crippen LogP contribution in [0, 0.1) is 6.92 Å². The van der Waals surface area contributed by atoms with Gasteiger partial charge in [-0.3, -0.25) is 14.5 Å². The summed E-state index contributed by atoms with van der Waals surface area (Å²) in [5, 5.41) is -0.308. The van der Waals surface area contributed by atoms with Gasteiger partial charge in [-0.1, -0.05) is 54.1 Å². The molecule has 4 rings (SSSR count). The summed E-state index contributed by atoms with van der Waals surface area (Å²) in [5.74, 6) is 1.77. The van der Waals surface area contributed by atoms with Gasteiger partial charge in [-0.25, -0.2) is 0 Å². The summed E-state index contributed by atoms with van der Waals surface area (Å²) in [6.07, 6.45) is 1.69. The SMILES string of the molecule is Cc1ccc(OCCOc2ccccc2/C=C2\SC(=O)N(CCOc3ccccc3)C2=O)cc1. The zero-order valence-electron chi connectivity index (χ0n) is 18.8. The molecule has 0 unspecified atom stereocenters. The molecule has 1 aliphatic heterocycles. The number of benzene rings is 3. The van der Waals surface area contributed by atoms with E-state index in [9.17, 15) is 9.59 Å². The smallest absolute Gasteiger partial charge is 0.293 e. The van der Waals surface area contributed by atoms with Crippen molar-refractivity contribution in [2.75, 3.05) is 26.4 Å². The molecule has 1 aliphatic rings. The highest BCUT2D eigenvalue weighted by atomic mass is 32.2. The Hall–Kier alpha value is -3.71. The Morgan fingerprint density at radius 3 is 2.21 bits per heavy atom. The van der Waals surface area contributed by atoms with Crippen molar-refractivity contribution in [1.82, 2.24) is 4.90 Å². The normalized spacial score (nSPS) is 14.5. The van der Waals surface area contributed by atoms with Gasteiger partial charge in [0.2, 0.25) is 0 Å². The fourth-order valence-corrected chi connectivity index (χ4v) is 4.14. The fourth-order valence-electron chi connectivity index (χ4n) is 3.28. The second kappa shape index (κ2) is 11.4. The first kappa shape index (κ1) is 23.4. The lowest BCUT2D eigenvalue weighted by molar-refractivity contribution is -0.123. The maximum Gasteiger partial charge on any atom is 0.293 e. The molecule has 0 saturated carbocycles. The molecule has 0 radical (unpaired) electrons. The molecule has 0 aliphatic carbocycles. The number of hydrogen-bond acceptors (Lipinski definition) is 6. The number of amides is 2. The van der Waals surface area contributed by atoms with Crippen molar-refractivity contribution in [3.63, 3.8) is 0 Å². The molecule has 6 nitrogen and oxygen atoms in total. The first-order valence-electron chi connectivity index (χ1n) is 10.9. The van der Waals surface area contributed by atoms with E-state index in [1.807, 2.05) is 85.8 Å². The zero-order valence-corrected chi connectivity index (χ0v) is 19.6. The predicted molar refractivity (Wildman–Crippen MR) is 133 cm³/mol. The topological polar surface area (TPSA) is 65.1 Å². The van der Waals surface area contributed by atoms with E-state index in [2.05, 4.69) is 0 Å².